The summed E-state index contributed by atoms with van der Waals surface area (Å²) in [5.74, 6) is 0. The number of hydroxylamine groups is 2. The highest BCUT2D eigenvalue weighted by Gasteiger charge is 2.36. The summed E-state index contributed by atoms with van der Waals surface area (Å²) in [5.41, 5.74) is 5.14. The number of carbonyl (C=O) groups is 1. The van der Waals surface area contributed by atoms with E-state index in [1.807, 2.05) is 31.3 Å². The van der Waals surface area contributed by atoms with Crippen molar-refractivity contribution < 1.29 is 9.63 Å². The van der Waals surface area contributed by atoms with Crippen molar-refractivity contribution in [2.45, 2.75) is 24.9 Å². The highest BCUT2D eigenvalue weighted by atomic mass is 16.7. The van der Waals surface area contributed by atoms with Crippen molar-refractivity contribution in [3.05, 3.63) is 53.6 Å². The average molecular weight is 391 g/mol. The summed E-state index contributed by atoms with van der Waals surface area (Å²) in [7, 11) is 5.12. The number of nitrogens with one attached hydrogen (secondary N) is 1. The number of hydrogen-bond acceptors (Lipinski definition) is 5. The van der Waals surface area contributed by atoms with E-state index in [2.05, 4.69) is 39.4 Å². The fraction of sp³-hybridized carbons (Fsp3) is 0.364. The van der Waals surface area contributed by atoms with Crippen LogP contribution in [0.25, 0.3) is 0 Å². The molecule has 0 spiro atoms. The molecule has 2 amide bonds. The van der Waals surface area contributed by atoms with Crippen molar-refractivity contribution in [1.82, 2.24) is 10.4 Å². The third kappa shape index (κ3) is 3.36. The molecule has 7 nitrogen and oxygen atoms in total. The van der Waals surface area contributed by atoms with Crippen LogP contribution < -0.4 is 15.1 Å². The molecule has 2 atom stereocenters. The lowest BCUT2D eigenvalue weighted by Crippen LogP contribution is -2.49. The molecule has 0 aliphatic carbocycles. The van der Waals surface area contributed by atoms with E-state index in [1.54, 1.807) is 7.05 Å². The van der Waals surface area contributed by atoms with Gasteiger partial charge in [0.25, 0.3) is 0 Å². The molecule has 150 valence electrons. The van der Waals surface area contributed by atoms with Crippen LogP contribution in [0.1, 0.15) is 30.0 Å². The lowest BCUT2D eigenvalue weighted by molar-refractivity contribution is -0.0658. The van der Waals surface area contributed by atoms with Crippen LogP contribution in [0.2, 0.25) is 0 Å². The molecular formula is C22H25N5O2. The van der Waals surface area contributed by atoms with Gasteiger partial charge < -0.3 is 15.1 Å². The minimum Gasteiger partial charge on any atom is -0.363 e. The first kappa shape index (κ1) is 19.1. The Bertz CT molecular complexity index is 970. The molecular weight excluding hydrogens is 366 g/mol. The Hall–Kier alpha value is -3.24. The Kier molecular flexibility index (Phi) is 5.03. The summed E-state index contributed by atoms with van der Waals surface area (Å²) >= 11 is 0. The van der Waals surface area contributed by atoms with Crippen LogP contribution in [0.3, 0.4) is 0 Å². The molecule has 1 N–H and O–H groups in total. The molecule has 1 fully saturated rings. The number of urea groups is 1. The van der Waals surface area contributed by atoms with E-state index in [-0.39, 0.29) is 18.1 Å². The highest BCUT2D eigenvalue weighted by Crippen LogP contribution is 2.47. The zero-order valence-electron chi connectivity index (χ0n) is 16.9. The lowest BCUT2D eigenvalue weighted by atomic mass is 9.90. The SMILES string of the molecule is CON(C)C(=O)N[C@@H]1CCN2c3ccc(C#N)cc3N(C)c3ccccc3[C@H]2C1. The molecule has 0 radical (unpaired) electrons. The minimum atomic E-state index is -0.232. The molecule has 2 aliphatic heterocycles. The second-order valence-electron chi connectivity index (χ2n) is 7.49. The van der Waals surface area contributed by atoms with Crippen LogP contribution in [0.4, 0.5) is 21.9 Å². The fourth-order valence-corrected chi connectivity index (χ4v) is 4.34. The van der Waals surface area contributed by atoms with Gasteiger partial charge in [0.2, 0.25) is 0 Å². The maximum atomic E-state index is 12.3. The van der Waals surface area contributed by atoms with Gasteiger partial charge in [0.15, 0.2) is 0 Å². The van der Waals surface area contributed by atoms with E-state index in [0.717, 1.165) is 36.4 Å². The summed E-state index contributed by atoms with van der Waals surface area (Å²) < 4.78 is 0. The molecule has 2 aliphatic rings. The van der Waals surface area contributed by atoms with Crippen molar-refractivity contribution in [3.8, 4) is 6.07 Å². The van der Waals surface area contributed by atoms with Crippen molar-refractivity contribution in [2.24, 2.45) is 0 Å². The van der Waals surface area contributed by atoms with Crippen LogP contribution in [-0.4, -0.2) is 44.9 Å². The van der Waals surface area contributed by atoms with Crippen LogP contribution in [-0.2, 0) is 4.84 Å². The molecule has 2 heterocycles. The summed E-state index contributed by atoms with van der Waals surface area (Å²) in [6.45, 7) is 0.813. The first-order valence-corrected chi connectivity index (χ1v) is 9.75. The smallest absolute Gasteiger partial charge is 0.341 e. The average Bonchev–Trinajstić information content (AvgIpc) is 2.86. The van der Waals surface area contributed by atoms with Gasteiger partial charge in [-0.1, -0.05) is 18.2 Å². The number of amides is 2. The van der Waals surface area contributed by atoms with Crippen LogP contribution in [0, 0.1) is 11.3 Å². The van der Waals surface area contributed by atoms with Crippen LogP contribution in [0.5, 0.6) is 0 Å². The maximum absolute atomic E-state index is 12.3. The zero-order chi connectivity index (χ0) is 20.5. The summed E-state index contributed by atoms with van der Waals surface area (Å²) in [6, 6.07) is 16.4. The van der Waals surface area contributed by atoms with E-state index in [1.165, 1.54) is 17.7 Å². The lowest BCUT2D eigenvalue weighted by Gasteiger charge is -2.41. The first-order valence-electron chi connectivity index (χ1n) is 9.75. The number of hydrogen-bond donors (Lipinski definition) is 1. The van der Waals surface area contributed by atoms with Crippen molar-refractivity contribution in [2.75, 3.05) is 37.5 Å². The van der Waals surface area contributed by atoms with Gasteiger partial charge in [-0.2, -0.15) is 5.26 Å². The van der Waals surface area contributed by atoms with Gasteiger partial charge in [0, 0.05) is 32.4 Å². The second kappa shape index (κ2) is 7.64. The maximum Gasteiger partial charge on any atom is 0.341 e. The monoisotopic (exact) mass is 391 g/mol. The molecule has 1 saturated heterocycles. The number of piperidine rings is 1. The highest BCUT2D eigenvalue weighted by molar-refractivity contribution is 5.83. The summed E-state index contributed by atoms with van der Waals surface area (Å²) in [5, 5.41) is 13.7. The Morgan fingerprint density at radius 2 is 2.03 bits per heavy atom. The topological polar surface area (TPSA) is 71.8 Å². The molecule has 2 aromatic carbocycles. The number of fused-ring (bicyclic) bond motifs is 5. The van der Waals surface area contributed by atoms with Crippen LogP contribution >= 0.6 is 0 Å². The predicted octanol–water partition coefficient (Wildman–Crippen LogP) is 3.55. The molecule has 0 unspecified atom stereocenters. The van der Waals surface area contributed by atoms with Crippen molar-refractivity contribution >= 4 is 23.1 Å². The van der Waals surface area contributed by atoms with E-state index >= 15 is 0 Å². The Balaban J connectivity index is 1.73. The minimum absolute atomic E-state index is 0.0552. The Morgan fingerprint density at radius 1 is 1.24 bits per heavy atom. The van der Waals surface area contributed by atoms with Gasteiger partial charge in [-0.3, -0.25) is 4.84 Å². The number of anilines is 3. The third-order valence-electron chi connectivity index (χ3n) is 5.92. The van der Waals surface area contributed by atoms with E-state index in [0.29, 0.717) is 5.56 Å². The third-order valence-corrected chi connectivity index (χ3v) is 5.92. The van der Waals surface area contributed by atoms with E-state index in [4.69, 9.17) is 4.84 Å². The van der Waals surface area contributed by atoms with Gasteiger partial charge in [0.05, 0.1) is 36.2 Å². The number of para-hydroxylation sites is 1. The number of rotatable bonds is 2. The van der Waals surface area contributed by atoms with Gasteiger partial charge in [-0.25, -0.2) is 9.86 Å². The molecule has 0 bridgehead atoms. The Labute approximate surface area is 171 Å². The molecule has 0 aromatic heterocycles. The number of carbonyl (C=O) groups excluding carboxylic acids is 1. The normalized spacial score (nSPS) is 19.9. The van der Waals surface area contributed by atoms with Crippen molar-refractivity contribution in [3.63, 3.8) is 0 Å². The van der Waals surface area contributed by atoms with Gasteiger partial charge in [-0.05, 0) is 42.7 Å². The first-order chi connectivity index (χ1) is 14.0. The predicted molar refractivity (Wildman–Crippen MR) is 112 cm³/mol. The number of benzene rings is 2. The molecule has 4 rings (SSSR count). The molecule has 7 heteroatoms. The number of nitriles is 1. The number of nitrogens with zero attached hydrogens (tertiary/aromatic N) is 4. The van der Waals surface area contributed by atoms with Crippen molar-refractivity contribution in [1.29, 1.82) is 5.26 Å². The summed E-state index contributed by atoms with van der Waals surface area (Å²) in [4.78, 5) is 21.8. The fourth-order valence-electron chi connectivity index (χ4n) is 4.34. The Morgan fingerprint density at radius 3 is 2.79 bits per heavy atom. The zero-order valence-corrected chi connectivity index (χ0v) is 16.9. The van der Waals surface area contributed by atoms with Gasteiger partial charge in [-0.15, -0.1) is 0 Å². The van der Waals surface area contributed by atoms with E-state index < -0.39 is 0 Å². The van der Waals surface area contributed by atoms with Crippen LogP contribution in [0.15, 0.2) is 42.5 Å². The van der Waals surface area contributed by atoms with Gasteiger partial charge in [0.1, 0.15) is 0 Å². The van der Waals surface area contributed by atoms with E-state index in [9.17, 15) is 10.1 Å². The molecule has 2 aromatic rings. The molecule has 29 heavy (non-hydrogen) atoms. The standard InChI is InChI=1S/C22H25N5O2/c1-25-18-7-5-4-6-17(18)20-13-16(24-22(28)26(2)29-3)10-11-27(20)19-9-8-15(14-23)12-21(19)25/h4-9,12,16,20H,10-11,13H2,1-3H3,(H,24,28)/t16-,20-/m1/s1. The molecule has 0 saturated carbocycles. The second-order valence-corrected chi connectivity index (χ2v) is 7.49. The summed E-state index contributed by atoms with van der Waals surface area (Å²) in [6.07, 6.45) is 1.64. The quantitative estimate of drug-likeness (QED) is 0.793. The van der Waals surface area contributed by atoms with Gasteiger partial charge >= 0.3 is 6.03 Å². The largest absolute Gasteiger partial charge is 0.363 e.